The second kappa shape index (κ2) is 9.09. The van der Waals surface area contributed by atoms with E-state index in [2.05, 4.69) is 0 Å². The first kappa shape index (κ1) is 20.9. The van der Waals surface area contributed by atoms with E-state index < -0.39 is 15.5 Å². The highest BCUT2D eigenvalue weighted by molar-refractivity contribution is 8.48. The first-order chi connectivity index (χ1) is 9.56. The Bertz CT molecular complexity index is 393. The molecule has 122 valence electrons. The predicted molar refractivity (Wildman–Crippen MR) is 90.7 cm³/mol. The van der Waals surface area contributed by atoms with Crippen LogP contribution in [0.1, 0.15) is 34.1 Å². The summed E-state index contributed by atoms with van der Waals surface area (Å²) in [5.74, 6) is -0.567. The highest BCUT2D eigenvalue weighted by Gasteiger charge is 2.35. The van der Waals surface area contributed by atoms with Crippen molar-refractivity contribution < 1.29 is 24.5 Å². The number of ketones is 1. The van der Waals surface area contributed by atoms with Gasteiger partial charge in [-0.2, -0.15) is 0 Å². The van der Waals surface area contributed by atoms with Crippen molar-refractivity contribution in [2.45, 2.75) is 43.6 Å². The molecule has 0 heterocycles. The molecule has 8 heteroatoms. The Labute approximate surface area is 139 Å². The first-order valence-corrected chi connectivity index (χ1v) is 8.45. The summed E-state index contributed by atoms with van der Waals surface area (Å²) in [5.41, 5.74) is 0. The molecule has 0 saturated carbocycles. The minimum Gasteiger partial charge on any atom is -0.462 e. The standard InChI is InChI=1S/C13H22O5S3/c1-12(2,9(16)5-6-14)20-11(19)21-13(3,4)10(17)18-8-7-15/h14-15H,5-8H2,1-4H3. The van der Waals surface area contributed by atoms with Gasteiger partial charge in [-0.1, -0.05) is 35.7 Å². The fraction of sp³-hybridized carbons (Fsp3) is 0.769. The zero-order valence-corrected chi connectivity index (χ0v) is 15.1. The van der Waals surface area contributed by atoms with Crippen LogP contribution in [0.4, 0.5) is 0 Å². The van der Waals surface area contributed by atoms with Crippen LogP contribution in [0.2, 0.25) is 0 Å². The van der Waals surface area contributed by atoms with Crippen molar-refractivity contribution in [3.05, 3.63) is 0 Å². The lowest BCUT2D eigenvalue weighted by Gasteiger charge is -2.26. The van der Waals surface area contributed by atoms with Gasteiger partial charge in [-0.25, -0.2) is 0 Å². The Balaban J connectivity index is 4.60. The molecule has 0 amide bonds. The number of esters is 1. The topological polar surface area (TPSA) is 83.8 Å². The maximum Gasteiger partial charge on any atom is 0.322 e. The molecule has 0 aromatic carbocycles. The lowest BCUT2D eigenvalue weighted by atomic mass is 10.1. The molecule has 0 atom stereocenters. The van der Waals surface area contributed by atoms with Gasteiger partial charge in [-0.15, -0.1) is 0 Å². The number of thioether (sulfide) groups is 2. The zero-order chi connectivity index (χ0) is 16.7. The summed E-state index contributed by atoms with van der Waals surface area (Å²) in [5, 5.41) is 17.5. The van der Waals surface area contributed by atoms with Gasteiger partial charge in [0.2, 0.25) is 0 Å². The Morgan fingerprint density at radius 2 is 1.57 bits per heavy atom. The van der Waals surface area contributed by atoms with Gasteiger partial charge in [-0.05, 0) is 27.7 Å². The van der Waals surface area contributed by atoms with Gasteiger partial charge in [-0.3, -0.25) is 9.59 Å². The number of Topliss-reactive ketones (excluding diaryl/α,β-unsaturated/α-hetero) is 1. The van der Waals surface area contributed by atoms with Gasteiger partial charge < -0.3 is 14.9 Å². The van der Waals surface area contributed by atoms with Crippen LogP contribution in [0, 0.1) is 0 Å². The van der Waals surface area contributed by atoms with E-state index in [9.17, 15) is 9.59 Å². The fourth-order valence-electron chi connectivity index (χ4n) is 1.25. The number of carbonyl (C=O) groups excluding carboxylic acids is 2. The van der Waals surface area contributed by atoms with E-state index in [1.165, 1.54) is 11.8 Å². The lowest BCUT2D eigenvalue weighted by molar-refractivity contribution is -0.146. The minimum atomic E-state index is -0.893. The second-order valence-electron chi connectivity index (χ2n) is 5.23. The monoisotopic (exact) mass is 354 g/mol. The fourth-order valence-corrected chi connectivity index (χ4v) is 5.11. The molecule has 0 radical (unpaired) electrons. The SMILES string of the molecule is CC(C)(SC(=S)SC(C)(C)C(=O)OCCO)C(=O)CCO. The Morgan fingerprint density at radius 3 is 2.05 bits per heavy atom. The van der Waals surface area contributed by atoms with Crippen molar-refractivity contribution in [2.75, 3.05) is 19.8 Å². The largest absolute Gasteiger partial charge is 0.462 e. The molecule has 0 bridgehead atoms. The van der Waals surface area contributed by atoms with Crippen LogP contribution in [0.3, 0.4) is 0 Å². The Hall–Kier alpha value is -0.150. The van der Waals surface area contributed by atoms with Crippen LogP contribution < -0.4 is 0 Å². The number of thiocarbonyl (C=S) groups is 1. The molecule has 2 N–H and O–H groups in total. The van der Waals surface area contributed by atoms with E-state index in [1.807, 2.05) is 0 Å². The number of aliphatic hydroxyl groups is 2. The third kappa shape index (κ3) is 7.60. The smallest absolute Gasteiger partial charge is 0.322 e. The van der Waals surface area contributed by atoms with Crippen molar-refractivity contribution in [1.29, 1.82) is 0 Å². The summed E-state index contributed by atoms with van der Waals surface area (Å²) < 4.78 is 3.70. The van der Waals surface area contributed by atoms with Crippen molar-refractivity contribution >= 4 is 51.0 Å². The molecular formula is C13H22O5S3. The molecule has 0 spiro atoms. The maximum absolute atomic E-state index is 11.9. The average Bonchev–Trinajstić information content (AvgIpc) is 2.34. The van der Waals surface area contributed by atoms with Crippen LogP contribution in [0.15, 0.2) is 0 Å². The van der Waals surface area contributed by atoms with Gasteiger partial charge >= 0.3 is 5.97 Å². The number of aliphatic hydroxyl groups excluding tert-OH is 2. The summed E-state index contributed by atoms with van der Waals surface area (Å²) in [6.45, 7) is 6.35. The molecule has 0 aromatic rings. The normalized spacial score (nSPS) is 12.1. The quantitative estimate of drug-likeness (QED) is 0.504. The van der Waals surface area contributed by atoms with Crippen molar-refractivity contribution in [1.82, 2.24) is 0 Å². The third-order valence-corrected chi connectivity index (χ3v) is 5.25. The zero-order valence-electron chi connectivity index (χ0n) is 12.7. The van der Waals surface area contributed by atoms with Gasteiger partial charge in [0, 0.05) is 6.42 Å². The van der Waals surface area contributed by atoms with Crippen LogP contribution in [-0.2, 0) is 14.3 Å². The molecule has 0 aromatic heterocycles. The number of hydrogen-bond donors (Lipinski definition) is 2. The van der Waals surface area contributed by atoms with Crippen molar-refractivity contribution in [2.24, 2.45) is 0 Å². The molecule has 0 rings (SSSR count). The van der Waals surface area contributed by atoms with Gasteiger partial charge in [0.25, 0.3) is 0 Å². The number of carbonyl (C=O) groups is 2. The predicted octanol–water partition coefficient (Wildman–Crippen LogP) is 1.78. The lowest BCUT2D eigenvalue weighted by Crippen LogP contribution is -2.33. The number of ether oxygens (including phenoxy) is 1. The summed E-state index contributed by atoms with van der Waals surface area (Å²) in [6, 6.07) is 0. The summed E-state index contributed by atoms with van der Waals surface area (Å²) >= 11 is 7.58. The molecule has 0 unspecified atom stereocenters. The van der Waals surface area contributed by atoms with E-state index in [4.69, 9.17) is 27.2 Å². The highest BCUT2D eigenvalue weighted by atomic mass is 32.2. The van der Waals surface area contributed by atoms with E-state index in [0.29, 0.717) is 3.53 Å². The van der Waals surface area contributed by atoms with Gasteiger partial charge in [0.15, 0.2) is 5.78 Å². The molecule has 5 nitrogen and oxygen atoms in total. The summed E-state index contributed by atoms with van der Waals surface area (Å²) in [7, 11) is 0. The van der Waals surface area contributed by atoms with E-state index in [0.717, 1.165) is 11.8 Å². The van der Waals surface area contributed by atoms with Crippen LogP contribution >= 0.6 is 35.7 Å². The van der Waals surface area contributed by atoms with Gasteiger partial charge in [0.1, 0.15) is 14.9 Å². The average molecular weight is 355 g/mol. The highest BCUT2D eigenvalue weighted by Crippen LogP contribution is 2.38. The first-order valence-electron chi connectivity index (χ1n) is 6.41. The molecular weight excluding hydrogens is 332 g/mol. The van der Waals surface area contributed by atoms with E-state index >= 15 is 0 Å². The third-order valence-electron chi connectivity index (χ3n) is 2.50. The number of rotatable bonds is 8. The molecule has 21 heavy (non-hydrogen) atoms. The van der Waals surface area contributed by atoms with Crippen LogP contribution in [-0.4, -0.2) is 54.8 Å². The molecule has 0 aliphatic rings. The molecule has 0 aliphatic carbocycles. The van der Waals surface area contributed by atoms with Crippen LogP contribution in [0.25, 0.3) is 0 Å². The Morgan fingerprint density at radius 1 is 1.05 bits per heavy atom. The summed E-state index contributed by atoms with van der Waals surface area (Å²) in [4.78, 5) is 23.7. The van der Waals surface area contributed by atoms with E-state index in [1.54, 1.807) is 27.7 Å². The molecule has 0 aliphatic heterocycles. The molecule has 0 fully saturated rings. The number of hydrogen-bond acceptors (Lipinski definition) is 8. The summed E-state index contributed by atoms with van der Waals surface area (Å²) in [6.07, 6.45) is 0.0786. The molecule has 0 saturated heterocycles. The second-order valence-corrected chi connectivity index (χ2v) is 9.68. The van der Waals surface area contributed by atoms with Gasteiger partial charge in [0.05, 0.1) is 18.0 Å². The van der Waals surface area contributed by atoms with Crippen molar-refractivity contribution in [3.8, 4) is 0 Å². The van der Waals surface area contributed by atoms with Crippen molar-refractivity contribution in [3.63, 3.8) is 0 Å². The maximum atomic E-state index is 11.9. The Kier molecular flexibility index (Phi) is 9.03. The van der Waals surface area contributed by atoms with Crippen LogP contribution in [0.5, 0.6) is 0 Å². The van der Waals surface area contributed by atoms with E-state index in [-0.39, 0.29) is 32.0 Å². The minimum absolute atomic E-state index is 0.0524.